The Bertz CT molecular complexity index is 1520. The fraction of sp³-hybridized carbons (Fsp3) is 0.217. The Hall–Kier alpha value is -4.14. The van der Waals surface area contributed by atoms with Crippen LogP contribution in [0.2, 0.25) is 0 Å². The van der Waals surface area contributed by atoms with E-state index < -0.39 is 11.2 Å². The molecule has 0 fully saturated rings. The summed E-state index contributed by atoms with van der Waals surface area (Å²) in [5, 5.41) is 8.70. The lowest BCUT2D eigenvalue weighted by Crippen LogP contribution is -2.29. The van der Waals surface area contributed by atoms with Gasteiger partial charge in [-0.25, -0.2) is 9.20 Å². The largest absolute Gasteiger partial charge is 0.489 e. The van der Waals surface area contributed by atoms with Crippen LogP contribution in [0.4, 0.5) is 0 Å². The third-order valence-corrected chi connectivity index (χ3v) is 5.45. The van der Waals surface area contributed by atoms with Crippen LogP contribution in [0.5, 0.6) is 5.75 Å². The van der Waals surface area contributed by atoms with Gasteiger partial charge in [0, 0.05) is 19.2 Å². The van der Waals surface area contributed by atoms with E-state index in [0.717, 1.165) is 23.3 Å². The molecule has 0 aliphatic heterocycles. The number of aryl methyl sites for hydroxylation is 2. The van der Waals surface area contributed by atoms with Gasteiger partial charge < -0.3 is 9.30 Å². The van der Waals surface area contributed by atoms with Gasteiger partial charge in [0.25, 0.3) is 5.56 Å². The van der Waals surface area contributed by atoms with Crippen LogP contribution in [0.15, 0.2) is 64.2 Å². The van der Waals surface area contributed by atoms with Crippen LogP contribution in [0.25, 0.3) is 28.3 Å². The maximum atomic E-state index is 12.6. The molecular formula is C23H22N6O3. The molecule has 0 amide bonds. The molecule has 0 saturated carbocycles. The van der Waals surface area contributed by atoms with Crippen LogP contribution in [0, 0.1) is 0 Å². The number of nitrogens with one attached hydrogen (secondary N) is 1. The molecule has 5 rings (SSSR count). The Morgan fingerprint density at radius 1 is 1.00 bits per heavy atom. The van der Waals surface area contributed by atoms with Gasteiger partial charge in [0.2, 0.25) is 5.78 Å². The van der Waals surface area contributed by atoms with Crippen molar-refractivity contribution in [3.63, 3.8) is 0 Å². The average Bonchev–Trinajstić information content (AvgIpc) is 3.37. The van der Waals surface area contributed by atoms with Crippen LogP contribution >= 0.6 is 0 Å². The summed E-state index contributed by atoms with van der Waals surface area (Å²) in [6.45, 7) is 3.08. The zero-order valence-electron chi connectivity index (χ0n) is 17.8. The fourth-order valence-electron chi connectivity index (χ4n) is 3.91. The van der Waals surface area contributed by atoms with Crippen molar-refractivity contribution in [1.82, 2.24) is 28.7 Å². The third kappa shape index (κ3) is 3.18. The summed E-state index contributed by atoms with van der Waals surface area (Å²) in [6, 6.07) is 17.5. The molecule has 2 aromatic carbocycles. The maximum absolute atomic E-state index is 12.6. The van der Waals surface area contributed by atoms with E-state index in [1.807, 2.05) is 61.5 Å². The lowest BCUT2D eigenvalue weighted by Gasteiger charge is -2.07. The molecule has 0 unspecified atom stereocenters. The summed E-state index contributed by atoms with van der Waals surface area (Å²) >= 11 is 0. The van der Waals surface area contributed by atoms with Gasteiger partial charge in [-0.05, 0) is 36.2 Å². The number of rotatable bonds is 6. The number of ether oxygens (including phenoxy) is 1. The van der Waals surface area contributed by atoms with Crippen molar-refractivity contribution in [1.29, 1.82) is 0 Å². The highest BCUT2D eigenvalue weighted by atomic mass is 16.5. The first-order valence-corrected chi connectivity index (χ1v) is 10.4. The monoisotopic (exact) mass is 430 g/mol. The van der Waals surface area contributed by atoms with Gasteiger partial charge in [-0.2, -0.15) is 0 Å². The number of imidazole rings is 1. The molecule has 1 N–H and O–H groups in total. The topological polar surface area (TPSA) is 99.2 Å². The molecule has 32 heavy (non-hydrogen) atoms. The predicted octanol–water partition coefficient (Wildman–Crippen LogP) is 2.73. The second kappa shape index (κ2) is 7.84. The first kappa shape index (κ1) is 19.8. The van der Waals surface area contributed by atoms with Crippen molar-refractivity contribution in [2.45, 2.75) is 26.5 Å². The molecule has 0 radical (unpaired) electrons. The molecule has 0 bridgehead atoms. The number of H-pyrrole nitrogens is 1. The third-order valence-electron chi connectivity index (χ3n) is 5.45. The molecule has 5 aromatic rings. The van der Waals surface area contributed by atoms with Crippen molar-refractivity contribution >= 4 is 16.9 Å². The van der Waals surface area contributed by atoms with Crippen LogP contribution in [0.1, 0.15) is 18.9 Å². The SMILES string of the molecule is CCCn1c2c(=O)[nH]c(=O)n(C)c2n2c(-c3ccc(OCc4ccccc4)cc3)nnc12. The zero-order valence-corrected chi connectivity index (χ0v) is 17.8. The van der Waals surface area contributed by atoms with Crippen molar-refractivity contribution in [3.8, 4) is 17.1 Å². The summed E-state index contributed by atoms with van der Waals surface area (Å²) in [6.07, 6.45) is 0.803. The van der Waals surface area contributed by atoms with Gasteiger partial charge in [0.15, 0.2) is 17.0 Å². The van der Waals surface area contributed by atoms with Gasteiger partial charge >= 0.3 is 5.69 Å². The molecule has 9 nitrogen and oxygen atoms in total. The molecule has 0 spiro atoms. The van der Waals surface area contributed by atoms with E-state index in [1.165, 1.54) is 4.57 Å². The summed E-state index contributed by atoms with van der Waals surface area (Å²) in [4.78, 5) is 27.3. The normalized spacial score (nSPS) is 11.4. The number of nitrogens with zero attached hydrogens (tertiary/aromatic N) is 5. The van der Waals surface area contributed by atoms with Crippen LogP contribution < -0.4 is 16.0 Å². The highest BCUT2D eigenvalue weighted by Gasteiger charge is 2.22. The van der Waals surface area contributed by atoms with Crippen molar-refractivity contribution < 1.29 is 4.74 Å². The lowest BCUT2D eigenvalue weighted by molar-refractivity contribution is 0.306. The minimum atomic E-state index is -0.484. The van der Waals surface area contributed by atoms with E-state index >= 15 is 0 Å². The minimum absolute atomic E-state index is 0.405. The molecule has 0 atom stereocenters. The molecule has 0 saturated heterocycles. The van der Waals surface area contributed by atoms with Crippen molar-refractivity contribution in [3.05, 3.63) is 81.0 Å². The number of hydrogen-bond acceptors (Lipinski definition) is 5. The average molecular weight is 430 g/mol. The molecule has 0 aliphatic rings. The van der Waals surface area contributed by atoms with Gasteiger partial charge in [0.05, 0.1) is 0 Å². The van der Waals surface area contributed by atoms with E-state index in [2.05, 4.69) is 15.2 Å². The maximum Gasteiger partial charge on any atom is 0.329 e. The van der Waals surface area contributed by atoms with E-state index in [9.17, 15) is 9.59 Å². The smallest absolute Gasteiger partial charge is 0.329 e. The second-order valence-electron chi connectivity index (χ2n) is 7.60. The molecule has 162 valence electrons. The van der Waals surface area contributed by atoms with Gasteiger partial charge in [-0.15, -0.1) is 10.2 Å². The molecule has 3 heterocycles. The summed E-state index contributed by atoms with van der Waals surface area (Å²) < 4.78 is 10.9. The van der Waals surface area contributed by atoms with Crippen molar-refractivity contribution in [2.75, 3.05) is 0 Å². The Kier molecular flexibility index (Phi) is 4.85. The van der Waals surface area contributed by atoms with Gasteiger partial charge in [0.1, 0.15) is 12.4 Å². The Morgan fingerprint density at radius 2 is 1.75 bits per heavy atom. The molecule has 0 aliphatic carbocycles. The van der Waals surface area contributed by atoms with Gasteiger partial charge in [-0.1, -0.05) is 37.3 Å². The van der Waals surface area contributed by atoms with Crippen LogP contribution in [0.3, 0.4) is 0 Å². The van der Waals surface area contributed by atoms with E-state index in [-0.39, 0.29) is 0 Å². The molecule has 9 heteroatoms. The van der Waals surface area contributed by atoms with E-state index in [1.54, 1.807) is 16.0 Å². The zero-order chi connectivity index (χ0) is 22.2. The fourth-order valence-corrected chi connectivity index (χ4v) is 3.91. The number of aromatic nitrogens is 6. The Morgan fingerprint density at radius 3 is 2.47 bits per heavy atom. The molecular weight excluding hydrogens is 408 g/mol. The summed E-state index contributed by atoms with van der Waals surface area (Å²) in [7, 11) is 1.63. The number of benzene rings is 2. The second-order valence-corrected chi connectivity index (χ2v) is 7.60. The lowest BCUT2D eigenvalue weighted by atomic mass is 10.2. The Labute approximate surface area is 182 Å². The van der Waals surface area contributed by atoms with Crippen molar-refractivity contribution in [2.24, 2.45) is 7.05 Å². The number of hydrogen-bond donors (Lipinski definition) is 1. The van der Waals surface area contributed by atoms with E-state index in [4.69, 9.17) is 4.74 Å². The van der Waals surface area contributed by atoms with Gasteiger partial charge in [-0.3, -0.25) is 14.3 Å². The summed E-state index contributed by atoms with van der Waals surface area (Å²) in [5.74, 6) is 1.80. The van der Waals surface area contributed by atoms with Crippen LogP contribution in [-0.4, -0.2) is 28.7 Å². The standard InChI is InChI=1S/C23H22N6O3/c1-3-13-28-18-20(30)24-23(31)27(2)21(18)29-19(25-26-22(28)29)16-9-11-17(12-10-16)32-14-15-7-5-4-6-8-15/h4-12H,3,13-14H2,1-2H3,(H,24,30,31). The van der Waals surface area contributed by atoms with E-state index in [0.29, 0.717) is 35.9 Å². The molecule has 3 aromatic heterocycles. The first-order chi connectivity index (χ1) is 15.6. The van der Waals surface area contributed by atoms with Crippen LogP contribution in [-0.2, 0) is 20.2 Å². The number of fused-ring (bicyclic) bond motifs is 3. The highest BCUT2D eigenvalue weighted by molar-refractivity contribution is 5.79. The predicted molar refractivity (Wildman–Crippen MR) is 121 cm³/mol. The summed E-state index contributed by atoms with van der Waals surface area (Å²) in [5.41, 5.74) is 1.84. The Balaban J connectivity index is 1.59. The highest BCUT2D eigenvalue weighted by Crippen LogP contribution is 2.26. The number of aromatic amines is 1. The minimum Gasteiger partial charge on any atom is -0.489 e. The first-order valence-electron chi connectivity index (χ1n) is 10.4. The quantitative estimate of drug-likeness (QED) is 0.447.